The van der Waals surface area contributed by atoms with Crippen molar-refractivity contribution in [1.82, 2.24) is 4.57 Å². The first kappa shape index (κ1) is 17.9. The van der Waals surface area contributed by atoms with E-state index in [1.807, 2.05) is 0 Å². The maximum atomic E-state index is 12.0. The number of hydrogen-bond acceptors (Lipinski definition) is 5. The van der Waals surface area contributed by atoms with Gasteiger partial charge in [0.2, 0.25) is 0 Å². The van der Waals surface area contributed by atoms with E-state index in [-0.39, 0.29) is 26.5 Å². The van der Waals surface area contributed by atoms with Gasteiger partial charge in [-0.3, -0.25) is 4.79 Å². The molecule has 0 unspecified atom stereocenters. The summed E-state index contributed by atoms with van der Waals surface area (Å²) in [6.07, 6.45) is -4.69. The van der Waals surface area contributed by atoms with Crippen molar-refractivity contribution in [3.63, 3.8) is 0 Å². The number of hydrogen-bond donors (Lipinski definition) is 3. The van der Waals surface area contributed by atoms with Crippen LogP contribution >= 0.6 is 34.8 Å². The van der Waals surface area contributed by atoms with Crippen LogP contribution in [0.25, 0.3) is 10.9 Å². The molecule has 3 rings (SSSR count). The van der Waals surface area contributed by atoms with E-state index in [4.69, 9.17) is 39.5 Å². The van der Waals surface area contributed by atoms with E-state index in [1.54, 1.807) is 0 Å². The van der Waals surface area contributed by atoms with Gasteiger partial charge in [-0.25, -0.2) is 0 Å². The average molecular weight is 395 g/mol. The molecule has 4 atom stereocenters. The van der Waals surface area contributed by atoms with Crippen LogP contribution in [0.1, 0.15) is 23.5 Å². The maximum absolute atomic E-state index is 12.0. The summed E-state index contributed by atoms with van der Waals surface area (Å²) >= 11 is 18.5. The van der Waals surface area contributed by atoms with Gasteiger partial charge < -0.3 is 24.6 Å². The number of nitrogens with zero attached hydrogens (tertiary/aromatic N) is 1. The lowest BCUT2D eigenvalue weighted by molar-refractivity contribution is -0.0505. The number of halogens is 3. The van der Waals surface area contributed by atoms with E-state index in [2.05, 4.69) is 0 Å². The highest BCUT2D eigenvalue weighted by molar-refractivity contribution is 6.43. The molecule has 1 fully saturated rings. The van der Waals surface area contributed by atoms with Crippen LogP contribution in [-0.4, -0.2) is 50.6 Å². The summed E-state index contributed by atoms with van der Waals surface area (Å²) in [6, 6.07) is 3.02. The Kier molecular flexibility index (Phi) is 4.83. The lowest BCUT2D eigenvalue weighted by Crippen LogP contribution is -2.33. The zero-order chi connectivity index (χ0) is 17.8. The number of carbonyl (C=O) groups excluding carboxylic acids is 1. The minimum absolute atomic E-state index is 0.0330. The lowest BCUT2D eigenvalue weighted by Gasteiger charge is -2.19. The average Bonchev–Trinajstić information content (AvgIpc) is 2.94. The van der Waals surface area contributed by atoms with E-state index in [9.17, 15) is 20.1 Å². The number of aliphatic hydroxyl groups excluding tert-OH is 3. The molecule has 24 heavy (non-hydrogen) atoms. The number of aromatic nitrogens is 1. The van der Waals surface area contributed by atoms with Gasteiger partial charge in [0, 0.05) is 5.39 Å². The Balaban J connectivity index is 2.27. The third-order valence-electron chi connectivity index (χ3n) is 4.11. The van der Waals surface area contributed by atoms with Crippen molar-refractivity contribution in [1.29, 1.82) is 0 Å². The topological polar surface area (TPSA) is 91.9 Å². The van der Waals surface area contributed by atoms with Crippen molar-refractivity contribution >= 4 is 51.5 Å². The predicted molar refractivity (Wildman–Crippen MR) is 90.0 cm³/mol. The zero-order valence-corrected chi connectivity index (χ0v) is 14.7. The standard InChI is InChI=1S/C15H14Cl3NO5/c1-5(21)11-6-2-7(16)8(17)3-9(6)19(14(11)18)15-13(23)12(22)10(4-20)24-15/h2-3,10,12-13,15,20,22-23H,4H2,1H3/t10-,12-,13-,15-/m1/s1. The van der Waals surface area contributed by atoms with Crippen LogP contribution in [0.5, 0.6) is 0 Å². The van der Waals surface area contributed by atoms with E-state index in [1.165, 1.54) is 23.6 Å². The van der Waals surface area contributed by atoms with Gasteiger partial charge in [0.05, 0.1) is 27.7 Å². The summed E-state index contributed by atoms with van der Waals surface area (Å²) in [5.74, 6) is -0.297. The molecule has 1 aromatic carbocycles. The Labute approximate surface area is 152 Å². The first-order chi connectivity index (χ1) is 11.3. The SMILES string of the molecule is CC(=O)c1c(Cl)n([C@@H]2O[C@H](CO)[C@@H](O)[C@H]2O)c2cc(Cl)c(Cl)cc12. The lowest BCUT2D eigenvalue weighted by atomic mass is 10.1. The molecule has 3 N–H and O–H groups in total. The third kappa shape index (κ3) is 2.63. The van der Waals surface area contributed by atoms with Gasteiger partial charge in [-0.15, -0.1) is 0 Å². The van der Waals surface area contributed by atoms with Crippen LogP contribution in [0.2, 0.25) is 15.2 Å². The minimum atomic E-state index is -1.34. The predicted octanol–water partition coefficient (Wildman–Crippen LogP) is 2.42. The van der Waals surface area contributed by atoms with Gasteiger partial charge >= 0.3 is 0 Å². The Hall–Kier alpha value is -0.860. The molecule has 0 bridgehead atoms. The molecule has 1 saturated heterocycles. The summed E-state index contributed by atoms with van der Waals surface area (Å²) in [5.41, 5.74) is 0.636. The van der Waals surface area contributed by atoms with Crippen LogP contribution in [-0.2, 0) is 4.74 Å². The van der Waals surface area contributed by atoms with Crippen molar-refractivity contribution in [3.8, 4) is 0 Å². The van der Waals surface area contributed by atoms with E-state index < -0.39 is 31.1 Å². The van der Waals surface area contributed by atoms with Crippen LogP contribution in [0.4, 0.5) is 0 Å². The first-order valence-corrected chi connectivity index (χ1v) is 8.23. The molecule has 0 radical (unpaired) electrons. The number of ketones is 1. The second kappa shape index (κ2) is 6.46. The smallest absolute Gasteiger partial charge is 0.164 e. The number of ether oxygens (including phenoxy) is 1. The van der Waals surface area contributed by atoms with Gasteiger partial charge in [-0.05, 0) is 19.1 Å². The summed E-state index contributed by atoms with van der Waals surface area (Å²) in [7, 11) is 0. The molecule has 0 amide bonds. The molecule has 1 aliphatic heterocycles. The molecule has 2 heterocycles. The van der Waals surface area contributed by atoms with Gasteiger partial charge in [-0.1, -0.05) is 34.8 Å². The fraction of sp³-hybridized carbons (Fsp3) is 0.400. The van der Waals surface area contributed by atoms with E-state index >= 15 is 0 Å². The van der Waals surface area contributed by atoms with Crippen molar-refractivity contribution in [3.05, 3.63) is 32.9 Å². The molecule has 2 aromatic rings. The van der Waals surface area contributed by atoms with Gasteiger partial charge in [0.25, 0.3) is 0 Å². The number of Topliss-reactive ketones (excluding diaryl/α,β-unsaturated/α-hetero) is 1. The second-order valence-corrected chi connectivity index (χ2v) is 6.78. The summed E-state index contributed by atoms with van der Waals surface area (Å²) in [6.45, 7) is 0.877. The second-order valence-electron chi connectivity index (χ2n) is 5.60. The maximum Gasteiger partial charge on any atom is 0.164 e. The van der Waals surface area contributed by atoms with Crippen molar-refractivity contribution in [2.45, 2.75) is 31.5 Å². The molecular weight excluding hydrogens is 381 g/mol. The van der Waals surface area contributed by atoms with E-state index in [0.717, 1.165) is 0 Å². The van der Waals surface area contributed by atoms with Crippen molar-refractivity contribution in [2.24, 2.45) is 0 Å². The highest BCUT2D eigenvalue weighted by atomic mass is 35.5. The van der Waals surface area contributed by atoms with Crippen molar-refractivity contribution < 1.29 is 24.9 Å². The Morgan fingerprint density at radius 2 is 1.83 bits per heavy atom. The molecule has 1 aromatic heterocycles. The summed E-state index contributed by atoms with van der Waals surface area (Å²) in [4.78, 5) is 12.0. The zero-order valence-electron chi connectivity index (χ0n) is 12.4. The van der Waals surface area contributed by atoms with Gasteiger partial charge in [-0.2, -0.15) is 0 Å². The van der Waals surface area contributed by atoms with Crippen LogP contribution in [0, 0.1) is 0 Å². The fourth-order valence-electron chi connectivity index (χ4n) is 2.95. The number of fused-ring (bicyclic) bond motifs is 1. The summed E-state index contributed by atoms with van der Waals surface area (Å²) < 4.78 is 6.89. The normalized spacial score (nSPS) is 27.1. The molecule has 1 aliphatic rings. The summed E-state index contributed by atoms with van der Waals surface area (Å²) in [5, 5.41) is 30.4. The molecule has 6 nitrogen and oxygen atoms in total. The number of carbonyl (C=O) groups is 1. The molecule has 0 saturated carbocycles. The van der Waals surface area contributed by atoms with Crippen LogP contribution in [0.3, 0.4) is 0 Å². The molecule has 130 valence electrons. The monoisotopic (exact) mass is 393 g/mol. The van der Waals surface area contributed by atoms with Crippen LogP contribution in [0.15, 0.2) is 12.1 Å². The first-order valence-electron chi connectivity index (χ1n) is 7.09. The number of benzene rings is 1. The highest BCUT2D eigenvalue weighted by Gasteiger charge is 2.45. The van der Waals surface area contributed by atoms with Crippen LogP contribution < -0.4 is 0 Å². The minimum Gasteiger partial charge on any atom is -0.394 e. The largest absolute Gasteiger partial charge is 0.394 e. The fourth-order valence-corrected chi connectivity index (χ4v) is 3.69. The van der Waals surface area contributed by atoms with E-state index in [0.29, 0.717) is 10.9 Å². The Morgan fingerprint density at radius 3 is 2.38 bits per heavy atom. The Morgan fingerprint density at radius 1 is 1.21 bits per heavy atom. The Bertz CT molecular complexity index is 821. The number of aliphatic hydroxyl groups is 3. The van der Waals surface area contributed by atoms with Gasteiger partial charge in [0.1, 0.15) is 23.5 Å². The van der Waals surface area contributed by atoms with Crippen molar-refractivity contribution in [2.75, 3.05) is 6.61 Å². The third-order valence-corrected chi connectivity index (χ3v) is 5.20. The molecule has 9 heteroatoms. The molecule has 0 aliphatic carbocycles. The van der Waals surface area contributed by atoms with Gasteiger partial charge in [0.15, 0.2) is 12.0 Å². The molecule has 0 spiro atoms. The quantitative estimate of drug-likeness (QED) is 0.695. The highest BCUT2D eigenvalue weighted by Crippen LogP contribution is 2.41. The molecular formula is C15H14Cl3NO5. The number of rotatable bonds is 3.